The molecule has 1 atom stereocenters. The van der Waals surface area contributed by atoms with Crippen molar-refractivity contribution in [3.05, 3.63) is 30.1 Å². The first kappa shape index (κ1) is 14.5. The van der Waals surface area contributed by atoms with Gasteiger partial charge in [-0.15, -0.1) is 11.8 Å². The zero-order valence-electron chi connectivity index (χ0n) is 10.4. The Labute approximate surface area is 107 Å². The summed E-state index contributed by atoms with van der Waals surface area (Å²) in [6, 6.07) is 6.82. The number of hydrogen-bond acceptors (Lipinski definition) is 3. The van der Waals surface area contributed by atoms with Gasteiger partial charge in [-0.05, 0) is 44.7 Å². The Morgan fingerprint density at radius 1 is 1.41 bits per heavy atom. The fourth-order valence-electron chi connectivity index (χ4n) is 1.49. The fourth-order valence-corrected chi connectivity index (χ4v) is 2.38. The van der Waals surface area contributed by atoms with Crippen LogP contribution in [0.1, 0.15) is 19.8 Å². The molecule has 0 saturated heterocycles. The smallest absolute Gasteiger partial charge is 0.136 e. The SMILES string of the molecule is CNC(C)(CO)CCCSc1ccccc1F. The summed E-state index contributed by atoms with van der Waals surface area (Å²) in [7, 11) is 1.85. The van der Waals surface area contributed by atoms with Crippen molar-refractivity contribution in [3.8, 4) is 0 Å². The highest BCUT2D eigenvalue weighted by atomic mass is 32.2. The van der Waals surface area contributed by atoms with E-state index < -0.39 is 0 Å². The number of aliphatic hydroxyl groups excluding tert-OH is 1. The molecule has 96 valence electrons. The summed E-state index contributed by atoms with van der Waals surface area (Å²) in [5.74, 6) is 0.703. The summed E-state index contributed by atoms with van der Waals surface area (Å²) in [6.07, 6.45) is 1.82. The van der Waals surface area contributed by atoms with E-state index >= 15 is 0 Å². The molecule has 2 N–H and O–H groups in total. The van der Waals surface area contributed by atoms with Crippen LogP contribution in [0, 0.1) is 5.82 Å². The Hall–Kier alpha value is -0.580. The van der Waals surface area contributed by atoms with Crippen molar-refractivity contribution in [1.29, 1.82) is 0 Å². The molecule has 0 aliphatic heterocycles. The second-order valence-electron chi connectivity index (χ2n) is 4.35. The Balaban J connectivity index is 2.32. The first-order valence-electron chi connectivity index (χ1n) is 5.78. The van der Waals surface area contributed by atoms with E-state index in [-0.39, 0.29) is 18.0 Å². The third kappa shape index (κ3) is 4.66. The van der Waals surface area contributed by atoms with E-state index in [1.165, 1.54) is 17.8 Å². The second kappa shape index (κ2) is 6.99. The van der Waals surface area contributed by atoms with Crippen molar-refractivity contribution in [3.63, 3.8) is 0 Å². The first-order valence-corrected chi connectivity index (χ1v) is 6.77. The predicted octanol–water partition coefficient (Wildman–Crippen LogP) is 2.67. The maximum absolute atomic E-state index is 13.3. The molecule has 0 spiro atoms. The third-order valence-electron chi connectivity index (χ3n) is 2.92. The van der Waals surface area contributed by atoms with Crippen LogP contribution in [0.25, 0.3) is 0 Å². The van der Waals surface area contributed by atoms with E-state index in [4.69, 9.17) is 0 Å². The van der Waals surface area contributed by atoms with Crippen molar-refractivity contribution in [2.45, 2.75) is 30.2 Å². The van der Waals surface area contributed by atoms with Crippen LogP contribution in [0.5, 0.6) is 0 Å². The molecule has 1 rings (SSSR count). The van der Waals surface area contributed by atoms with Crippen molar-refractivity contribution in [2.75, 3.05) is 19.4 Å². The van der Waals surface area contributed by atoms with Crippen LogP contribution in [0.15, 0.2) is 29.2 Å². The van der Waals surface area contributed by atoms with Gasteiger partial charge in [-0.1, -0.05) is 12.1 Å². The molecule has 4 heteroatoms. The topological polar surface area (TPSA) is 32.3 Å². The minimum absolute atomic E-state index is 0.119. The lowest BCUT2D eigenvalue weighted by atomic mass is 9.98. The van der Waals surface area contributed by atoms with Gasteiger partial charge in [0, 0.05) is 10.4 Å². The van der Waals surface area contributed by atoms with Gasteiger partial charge in [0.25, 0.3) is 0 Å². The van der Waals surface area contributed by atoms with E-state index in [2.05, 4.69) is 5.32 Å². The van der Waals surface area contributed by atoms with Gasteiger partial charge in [-0.3, -0.25) is 0 Å². The molecule has 1 aromatic rings. The Bertz CT molecular complexity index is 342. The molecular weight excluding hydrogens is 237 g/mol. The van der Waals surface area contributed by atoms with Gasteiger partial charge in [0.1, 0.15) is 5.82 Å². The summed E-state index contributed by atoms with van der Waals surface area (Å²) in [4.78, 5) is 0.697. The average Bonchev–Trinajstić information content (AvgIpc) is 2.36. The van der Waals surface area contributed by atoms with E-state index in [0.29, 0.717) is 4.90 Å². The van der Waals surface area contributed by atoms with E-state index in [1.807, 2.05) is 20.0 Å². The Morgan fingerprint density at radius 3 is 2.71 bits per heavy atom. The minimum atomic E-state index is -0.226. The van der Waals surface area contributed by atoms with Gasteiger partial charge in [-0.25, -0.2) is 4.39 Å². The molecule has 0 amide bonds. The maximum atomic E-state index is 13.3. The number of nitrogens with one attached hydrogen (secondary N) is 1. The van der Waals surface area contributed by atoms with Gasteiger partial charge >= 0.3 is 0 Å². The molecule has 0 aliphatic rings. The predicted molar refractivity (Wildman–Crippen MR) is 70.9 cm³/mol. The number of benzene rings is 1. The number of thioether (sulfide) groups is 1. The first-order chi connectivity index (χ1) is 8.11. The normalized spacial score (nSPS) is 14.6. The van der Waals surface area contributed by atoms with Gasteiger partial charge in [-0.2, -0.15) is 0 Å². The van der Waals surface area contributed by atoms with E-state index in [9.17, 15) is 9.50 Å². The highest BCUT2D eigenvalue weighted by molar-refractivity contribution is 7.99. The van der Waals surface area contributed by atoms with Crippen LogP contribution in [0.4, 0.5) is 4.39 Å². The highest BCUT2D eigenvalue weighted by Gasteiger charge is 2.19. The second-order valence-corrected chi connectivity index (χ2v) is 5.49. The van der Waals surface area contributed by atoms with Crippen molar-refractivity contribution < 1.29 is 9.50 Å². The summed E-state index contributed by atoms with van der Waals surface area (Å²) in [5.41, 5.74) is -0.226. The van der Waals surface area contributed by atoms with Crippen LogP contribution in [-0.2, 0) is 0 Å². The molecule has 0 heterocycles. The van der Waals surface area contributed by atoms with Crippen LogP contribution in [0.2, 0.25) is 0 Å². The van der Waals surface area contributed by atoms with Gasteiger partial charge < -0.3 is 10.4 Å². The Kier molecular flexibility index (Phi) is 5.95. The van der Waals surface area contributed by atoms with Crippen LogP contribution in [0.3, 0.4) is 0 Å². The molecule has 0 aliphatic carbocycles. The molecule has 1 unspecified atom stereocenters. The van der Waals surface area contributed by atoms with Crippen LogP contribution < -0.4 is 5.32 Å². The average molecular weight is 257 g/mol. The summed E-state index contributed by atoms with van der Waals surface area (Å²) < 4.78 is 13.3. The fraction of sp³-hybridized carbons (Fsp3) is 0.538. The van der Waals surface area contributed by atoms with Gasteiger partial charge in [0.2, 0.25) is 0 Å². The number of rotatable bonds is 7. The largest absolute Gasteiger partial charge is 0.394 e. The highest BCUT2D eigenvalue weighted by Crippen LogP contribution is 2.23. The number of aliphatic hydroxyl groups is 1. The molecule has 0 bridgehead atoms. The number of likely N-dealkylation sites (N-methyl/N-ethyl adjacent to an activating group) is 1. The molecule has 1 aromatic carbocycles. The standard InChI is InChI=1S/C13H20FNOS/c1-13(10-16,15-2)8-5-9-17-12-7-4-3-6-11(12)14/h3-4,6-7,15-16H,5,8-10H2,1-2H3. The van der Waals surface area contributed by atoms with Crippen LogP contribution in [-0.4, -0.2) is 30.1 Å². The van der Waals surface area contributed by atoms with Crippen LogP contribution >= 0.6 is 11.8 Å². The molecule has 0 radical (unpaired) electrons. The lowest BCUT2D eigenvalue weighted by Crippen LogP contribution is -2.43. The molecule has 17 heavy (non-hydrogen) atoms. The lowest BCUT2D eigenvalue weighted by Gasteiger charge is -2.26. The minimum Gasteiger partial charge on any atom is -0.394 e. The van der Waals surface area contributed by atoms with Gasteiger partial charge in [0.15, 0.2) is 0 Å². The van der Waals surface area contributed by atoms with Crippen molar-refractivity contribution >= 4 is 11.8 Å². The molecule has 0 aromatic heterocycles. The molecule has 2 nitrogen and oxygen atoms in total. The summed E-state index contributed by atoms with van der Waals surface area (Å²) in [5, 5.41) is 12.3. The van der Waals surface area contributed by atoms with Gasteiger partial charge in [0.05, 0.1) is 6.61 Å². The van der Waals surface area contributed by atoms with E-state index in [1.54, 1.807) is 12.1 Å². The van der Waals surface area contributed by atoms with E-state index in [0.717, 1.165) is 18.6 Å². The molecule has 0 saturated carbocycles. The monoisotopic (exact) mass is 257 g/mol. The zero-order valence-corrected chi connectivity index (χ0v) is 11.2. The lowest BCUT2D eigenvalue weighted by molar-refractivity contribution is 0.173. The Morgan fingerprint density at radius 2 is 2.12 bits per heavy atom. The maximum Gasteiger partial charge on any atom is 0.136 e. The zero-order chi connectivity index (χ0) is 12.7. The number of hydrogen-bond donors (Lipinski definition) is 2. The summed E-state index contributed by atoms with van der Waals surface area (Å²) >= 11 is 1.52. The molecule has 0 fully saturated rings. The molecular formula is C13H20FNOS. The quantitative estimate of drug-likeness (QED) is 0.582. The van der Waals surface area contributed by atoms with Crippen molar-refractivity contribution in [1.82, 2.24) is 5.32 Å². The summed E-state index contributed by atoms with van der Waals surface area (Å²) in [6.45, 7) is 2.11. The third-order valence-corrected chi connectivity index (χ3v) is 4.05. The number of halogens is 1. The van der Waals surface area contributed by atoms with Crippen molar-refractivity contribution in [2.24, 2.45) is 0 Å².